The lowest BCUT2D eigenvalue weighted by Crippen LogP contribution is -2.48. The number of carbonyl (C=O) groups is 1. The number of furan rings is 1. The van der Waals surface area contributed by atoms with Crippen LogP contribution in [-0.2, 0) is 5.41 Å². The number of hydrogen-bond donors (Lipinski definition) is 1. The third-order valence-electron chi connectivity index (χ3n) is 5.36. The molecule has 1 aliphatic heterocycles. The van der Waals surface area contributed by atoms with Crippen molar-refractivity contribution in [2.24, 2.45) is 0 Å². The maximum atomic E-state index is 14.6. The molecule has 1 N–H and O–H groups in total. The lowest BCUT2D eigenvalue weighted by atomic mass is 9.87. The fraction of sp³-hybridized carbons (Fsp3) is 0.375. The minimum absolute atomic E-state index is 0.000429. The van der Waals surface area contributed by atoms with Crippen LogP contribution in [0.5, 0.6) is 5.75 Å². The number of alkyl halides is 1. The normalized spacial score (nSPS) is 14.5. The standard InChI is InChI=1S/C24H26F2N2O3S/c1-5-30-19-7-6-14(24(2,3)4)8-22(19)32-27-23(29)21-11-17-18(26)9-16(10-20(17)31-21)28-12-15(25)13-28/h6-11,15H,5,12-13H2,1-4H3,(H,27,29). The highest BCUT2D eigenvalue weighted by Crippen LogP contribution is 2.34. The van der Waals surface area contributed by atoms with Gasteiger partial charge in [0.15, 0.2) is 5.76 Å². The number of ether oxygens (including phenoxy) is 1. The molecule has 0 radical (unpaired) electrons. The van der Waals surface area contributed by atoms with E-state index in [1.54, 1.807) is 11.0 Å². The van der Waals surface area contributed by atoms with Crippen LogP contribution in [0.3, 0.4) is 0 Å². The second kappa shape index (κ2) is 8.65. The van der Waals surface area contributed by atoms with E-state index < -0.39 is 17.9 Å². The maximum absolute atomic E-state index is 14.6. The number of fused-ring (bicyclic) bond motifs is 1. The zero-order valence-electron chi connectivity index (χ0n) is 18.5. The summed E-state index contributed by atoms with van der Waals surface area (Å²) in [6, 6.07) is 10.3. The van der Waals surface area contributed by atoms with Crippen molar-refractivity contribution in [1.82, 2.24) is 4.72 Å². The Morgan fingerprint density at radius 2 is 2.00 bits per heavy atom. The Bertz CT molecular complexity index is 1150. The molecule has 0 aliphatic carbocycles. The molecule has 2 aromatic carbocycles. The lowest BCUT2D eigenvalue weighted by molar-refractivity contribution is 0.0959. The fourth-order valence-electron chi connectivity index (χ4n) is 3.49. The van der Waals surface area contributed by atoms with Crippen LogP contribution in [0, 0.1) is 5.82 Å². The van der Waals surface area contributed by atoms with Crippen LogP contribution >= 0.6 is 11.9 Å². The summed E-state index contributed by atoms with van der Waals surface area (Å²) < 4.78 is 41.8. The number of anilines is 1. The van der Waals surface area contributed by atoms with E-state index in [0.717, 1.165) is 22.4 Å². The van der Waals surface area contributed by atoms with Crippen LogP contribution in [0.4, 0.5) is 14.5 Å². The van der Waals surface area contributed by atoms with Gasteiger partial charge in [0.2, 0.25) is 0 Å². The second-order valence-electron chi connectivity index (χ2n) is 8.83. The predicted octanol–water partition coefficient (Wildman–Crippen LogP) is 5.86. The van der Waals surface area contributed by atoms with E-state index in [-0.39, 0.29) is 35.2 Å². The monoisotopic (exact) mass is 460 g/mol. The Balaban J connectivity index is 1.53. The SMILES string of the molecule is CCOc1ccc(C(C)(C)C)cc1SNC(=O)c1cc2c(F)cc(N3CC(F)C3)cc2o1. The summed E-state index contributed by atoms with van der Waals surface area (Å²) in [7, 11) is 0. The molecule has 3 aromatic rings. The molecule has 4 rings (SSSR count). The van der Waals surface area contributed by atoms with Crippen molar-refractivity contribution in [3.63, 3.8) is 0 Å². The van der Waals surface area contributed by atoms with E-state index in [1.165, 1.54) is 12.1 Å². The molecule has 1 aliphatic rings. The van der Waals surface area contributed by atoms with Crippen LogP contribution in [0.2, 0.25) is 0 Å². The first-order chi connectivity index (χ1) is 15.2. The number of carbonyl (C=O) groups excluding carboxylic acids is 1. The molecular formula is C24H26F2N2O3S. The van der Waals surface area contributed by atoms with Crippen molar-refractivity contribution in [2.75, 3.05) is 24.6 Å². The summed E-state index contributed by atoms with van der Waals surface area (Å²) in [6.07, 6.45) is -0.901. The number of nitrogens with zero attached hydrogens (tertiary/aromatic N) is 1. The molecule has 8 heteroatoms. The van der Waals surface area contributed by atoms with E-state index >= 15 is 0 Å². The van der Waals surface area contributed by atoms with Gasteiger partial charge in [-0.15, -0.1) is 0 Å². The van der Waals surface area contributed by atoms with Gasteiger partial charge in [0.05, 0.1) is 30.0 Å². The minimum Gasteiger partial charge on any atom is -0.493 e. The topological polar surface area (TPSA) is 54.7 Å². The van der Waals surface area contributed by atoms with Gasteiger partial charge in [-0.05, 0) is 48.0 Å². The summed E-state index contributed by atoms with van der Waals surface area (Å²) in [6.45, 7) is 9.19. The lowest BCUT2D eigenvalue weighted by Gasteiger charge is -2.36. The third kappa shape index (κ3) is 4.55. The Hall–Kier alpha value is -2.74. The number of nitrogens with one attached hydrogen (secondary N) is 1. The highest BCUT2D eigenvalue weighted by atomic mass is 32.2. The van der Waals surface area contributed by atoms with Gasteiger partial charge in [-0.2, -0.15) is 0 Å². The first-order valence-corrected chi connectivity index (χ1v) is 11.3. The number of halogens is 2. The van der Waals surface area contributed by atoms with Crippen molar-refractivity contribution >= 4 is 34.5 Å². The molecule has 5 nitrogen and oxygen atoms in total. The van der Waals surface area contributed by atoms with Crippen LogP contribution < -0.4 is 14.4 Å². The van der Waals surface area contributed by atoms with Crippen LogP contribution in [-0.4, -0.2) is 31.8 Å². The molecule has 0 saturated carbocycles. The van der Waals surface area contributed by atoms with Gasteiger partial charge < -0.3 is 14.1 Å². The molecule has 1 amide bonds. The van der Waals surface area contributed by atoms with Crippen molar-refractivity contribution in [2.45, 2.75) is 44.2 Å². The quantitative estimate of drug-likeness (QED) is 0.467. The molecule has 1 fully saturated rings. The summed E-state index contributed by atoms with van der Waals surface area (Å²) in [5.74, 6) is -0.317. The van der Waals surface area contributed by atoms with Crippen molar-refractivity contribution in [1.29, 1.82) is 0 Å². The number of hydrogen-bond acceptors (Lipinski definition) is 5. The molecule has 0 bridgehead atoms. The highest BCUT2D eigenvalue weighted by molar-refractivity contribution is 7.98. The van der Waals surface area contributed by atoms with Crippen LogP contribution in [0.25, 0.3) is 11.0 Å². The zero-order valence-corrected chi connectivity index (χ0v) is 19.3. The van der Waals surface area contributed by atoms with Gasteiger partial charge in [0.1, 0.15) is 23.3 Å². The number of amides is 1. The van der Waals surface area contributed by atoms with Crippen molar-refractivity contribution < 1.29 is 22.7 Å². The summed E-state index contributed by atoms with van der Waals surface area (Å²) in [5, 5.41) is 0.214. The zero-order chi connectivity index (χ0) is 23.0. The first-order valence-electron chi connectivity index (χ1n) is 10.5. The van der Waals surface area contributed by atoms with Crippen molar-refractivity contribution in [3.05, 3.63) is 53.5 Å². The first kappa shape index (κ1) is 22.5. The van der Waals surface area contributed by atoms with Crippen molar-refractivity contribution in [3.8, 4) is 5.75 Å². The van der Waals surface area contributed by atoms with Gasteiger partial charge in [-0.3, -0.25) is 9.52 Å². The van der Waals surface area contributed by atoms with E-state index in [9.17, 15) is 13.6 Å². The average molecular weight is 461 g/mol. The van der Waals surface area contributed by atoms with E-state index in [1.807, 2.05) is 25.1 Å². The summed E-state index contributed by atoms with van der Waals surface area (Å²) in [5.41, 5.74) is 1.84. The van der Waals surface area contributed by atoms with Gasteiger partial charge in [0.25, 0.3) is 5.91 Å². The number of rotatable bonds is 6. The Morgan fingerprint density at radius 1 is 1.25 bits per heavy atom. The molecule has 1 saturated heterocycles. The van der Waals surface area contributed by atoms with Gasteiger partial charge in [-0.1, -0.05) is 26.8 Å². The smallest absolute Gasteiger partial charge is 0.297 e. The van der Waals surface area contributed by atoms with Crippen LogP contribution in [0.15, 0.2) is 45.7 Å². The Labute approximate surface area is 190 Å². The molecule has 2 heterocycles. The summed E-state index contributed by atoms with van der Waals surface area (Å²) in [4.78, 5) is 15.2. The largest absolute Gasteiger partial charge is 0.493 e. The predicted molar refractivity (Wildman–Crippen MR) is 123 cm³/mol. The van der Waals surface area contributed by atoms with Gasteiger partial charge >= 0.3 is 0 Å². The fourth-order valence-corrected chi connectivity index (χ4v) is 4.21. The molecule has 0 spiro atoms. The molecule has 170 valence electrons. The highest BCUT2D eigenvalue weighted by Gasteiger charge is 2.28. The van der Waals surface area contributed by atoms with Gasteiger partial charge in [0, 0.05) is 17.8 Å². The van der Waals surface area contributed by atoms with Crippen LogP contribution in [0.1, 0.15) is 43.8 Å². The molecule has 0 unspecified atom stereocenters. The Kier molecular flexibility index (Phi) is 6.07. The molecule has 32 heavy (non-hydrogen) atoms. The second-order valence-corrected chi connectivity index (χ2v) is 9.68. The average Bonchev–Trinajstić information content (AvgIpc) is 3.15. The van der Waals surface area contributed by atoms with E-state index in [2.05, 4.69) is 25.5 Å². The van der Waals surface area contributed by atoms with E-state index in [0.29, 0.717) is 18.0 Å². The summed E-state index contributed by atoms with van der Waals surface area (Å²) >= 11 is 1.13. The molecule has 0 atom stereocenters. The van der Waals surface area contributed by atoms with E-state index in [4.69, 9.17) is 9.15 Å². The Morgan fingerprint density at radius 3 is 2.66 bits per heavy atom. The number of benzene rings is 2. The molecular weight excluding hydrogens is 434 g/mol. The third-order valence-corrected chi connectivity index (χ3v) is 6.19. The molecule has 1 aromatic heterocycles. The maximum Gasteiger partial charge on any atom is 0.297 e. The van der Waals surface area contributed by atoms with Gasteiger partial charge in [-0.25, -0.2) is 8.78 Å². The minimum atomic E-state index is -0.901.